The van der Waals surface area contributed by atoms with Crippen LogP contribution < -0.4 is 4.90 Å². The van der Waals surface area contributed by atoms with Crippen molar-refractivity contribution in [2.24, 2.45) is 0 Å². The molecule has 1 aromatic heterocycles. The van der Waals surface area contributed by atoms with Gasteiger partial charge in [-0.05, 0) is 49.7 Å². The van der Waals surface area contributed by atoms with Crippen LogP contribution in [0.5, 0.6) is 0 Å². The number of hydrogen-bond donors (Lipinski definition) is 1. The summed E-state index contributed by atoms with van der Waals surface area (Å²) in [4.78, 5) is 12.3. The van der Waals surface area contributed by atoms with Gasteiger partial charge in [-0.2, -0.15) is 31.4 Å². The molecule has 1 saturated heterocycles. The summed E-state index contributed by atoms with van der Waals surface area (Å²) >= 11 is 0. The van der Waals surface area contributed by atoms with Crippen LogP contribution in [0, 0.1) is 6.92 Å². The standard InChI is InChI=1S/C23H19F6N3O4S/c1-13-10-20(32(30-13)15-8-6-14(7-9-15)22(24,25)26)31-12-16(11-18(31)21(33)34)37(35,36)19-5-3-2-4-17(19)23(27,28)29/h2-10,16,18H,11-12H2,1H3,(H,33,34). The molecular weight excluding hydrogens is 528 g/mol. The Bertz CT molecular complexity index is 1430. The number of anilines is 1. The first-order valence-corrected chi connectivity index (χ1v) is 12.3. The number of carboxylic acids is 1. The minimum absolute atomic E-state index is 0.0754. The number of carbonyl (C=O) groups is 1. The van der Waals surface area contributed by atoms with Gasteiger partial charge in [0.25, 0.3) is 0 Å². The Kier molecular flexibility index (Phi) is 6.51. The molecule has 1 N–H and O–H groups in total. The number of aromatic nitrogens is 2. The zero-order chi connectivity index (χ0) is 27.3. The summed E-state index contributed by atoms with van der Waals surface area (Å²) in [6.45, 7) is 1.07. The zero-order valence-electron chi connectivity index (χ0n) is 19.0. The molecule has 0 radical (unpaired) electrons. The molecule has 3 aromatic rings. The summed E-state index contributed by atoms with van der Waals surface area (Å²) < 4.78 is 107. The summed E-state index contributed by atoms with van der Waals surface area (Å²) in [6.07, 6.45) is -10.0. The Morgan fingerprint density at radius 2 is 1.62 bits per heavy atom. The number of rotatable bonds is 5. The molecule has 0 saturated carbocycles. The van der Waals surface area contributed by atoms with Gasteiger partial charge in [-0.3, -0.25) is 0 Å². The van der Waals surface area contributed by atoms with E-state index in [9.17, 15) is 44.7 Å². The van der Waals surface area contributed by atoms with Crippen molar-refractivity contribution in [2.45, 2.75) is 41.9 Å². The Morgan fingerprint density at radius 3 is 2.19 bits per heavy atom. The van der Waals surface area contributed by atoms with Crippen LogP contribution >= 0.6 is 0 Å². The quantitative estimate of drug-likeness (QED) is 0.465. The van der Waals surface area contributed by atoms with Crippen LogP contribution in [0.2, 0.25) is 0 Å². The second kappa shape index (κ2) is 9.08. The Balaban J connectivity index is 1.75. The van der Waals surface area contributed by atoms with Gasteiger partial charge < -0.3 is 10.0 Å². The molecule has 198 valence electrons. The van der Waals surface area contributed by atoms with Gasteiger partial charge >= 0.3 is 18.3 Å². The van der Waals surface area contributed by atoms with E-state index in [0.717, 1.165) is 42.5 Å². The number of hydrogen-bond acceptors (Lipinski definition) is 5. The van der Waals surface area contributed by atoms with Crippen LogP contribution in [-0.4, -0.2) is 47.1 Å². The SMILES string of the molecule is Cc1cc(N2CC(S(=O)(=O)c3ccccc3C(F)(F)F)CC2C(=O)O)n(-c2ccc(C(F)(F)F)cc2)n1. The van der Waals surface area contributed by atoms with Crippen molar-refractivity contribution >= 4 is 21.6 Å². The van der Waals surface area contributed by atoms with E-state index >= 15 is 0 Å². The summed E-state index contributed by atoms with van der Waals surface area (Å²) in [5, 5.41) is 12.5. The lowest BCUT2D eigenvalue weighted by Crippen LogP contribution is -2.37. The summed E-state index contributed by atoms with van der Waals surface area (Å²) in [7, 11) is -4.63. The van der Waals surface area contributed by atoms with Gasteiger partial charge in [0.15, 0.2) is 9.84 Å². The number of sulfone groups is 1. The molecular formula is C23H19F6N3O4S. The lowest BCUT2D eigenvalue weighted by molar-refractivity contribution is -0.140. The minimum Gasteiger partial charge on any atom is -0.480 e. The molecule has 0 aliphatic carbocycles. The van der Waals surface area contributed by atoms with Crippen molar-refractivity contribution in [2.75, 3.05) is 11.4 Å². The number of aliphatic carboxylic acids is 1. The molecule has 0 bridgehead atoms. The smallest absolute Gasteiger partial charge is 0.417 e. The van der Waals surface area contributed by atoms with Crippen LogP contribution in [0.3, 0.4) is 0 Å². The molecule has 1 aliphatic heterocycles. The average molecular weight is 547 g/mol. The molecule has 2 heterocycles. The average Bonchev–Trinajstić information content (AvgIpc) is 3.42. The Morgan fingerprint density at radius 1 is 1.00 bits per heavy atom. The molecule has 2 aromatic carbocycles. The molecule has 1 aliphatic rings. The van der Waals surface area contributed by atoms with Crippen LogP contribution in [0.25, 0.3) is 5.69 Å². The first kappa shape index (κ1) is 26.5. The summed E-state index contributed by atoms with van der Waals surface area (Å²) in [5.41, 5.74) is -1.77. The highest BCUT2D eigenvalue weighted by molar-refractivity contribution is 7.92. The van der Waals surface area contributed by atoms with Gasteiger partial charge in [-0.15, -0.1) is 0 Å². The van der Waals surface area contributed by atoms with Crippen LogP contribution in [0.1, 0.15) is 23.2 Å². The third-order valence-electron chi connectivity index (χ3n) is 6.03. The van der Waals surface area contributed by atoms with E-state index in [2.05, 4.69) is 5.10 Å². The molecule has 37 heavy (non-hydrogen) atoms. The Hall–Kier alpha value is -3.55. The predicted octanol–water partition coefficient (Wildman–Crippen LogP) is 4.72. The van der Waals surface area contributed by atoms with Crippen molar-refractivity contribution in [3.8, 4) is 5.69 Å². The van der Waals surface area contributed by atoms with E-state index in [1.807, 2.05) is 0 Å². The number of benzene rings is 2. The zero-order valence-corrected chi connectivity index (χ0v) is 19.8. The number of carboxylic acid groups (broad SMARTS) is 1. The van der Waals surface area contributed by atoms with Crippen LogP contribution in [-0.2, 0) is 27.0 Å². The Labute approximate surface area is 206 Å². The first-order chi connectivity index (χ1) is 17.1. The second-order valence-corrected chi connectivity index (χ2v) is 10.7. The fourth-order valence-electron chi connectivity index (χ4n) is 4.31. The summed E-state index contributed by atoms with van der Waals surface area (Å²) in [5.74, 6) is -1.34. The molecule has 4 rings (SSSR count). The summed E-state index contributed by atoms with van der Waals surface area (Å²) in [6, 6.07) is 7.52. The number of alkyl halides is 6. The number of nitrogens with zero attached hydrogens (tertiary/aromatic N) is 3. The highest BCUT2D eigenvalue weighted by Gasteiger charge is 2.47. The van der Waals surface area contributed by atoms with Crippen molar-refractivity contribution in [1.29, 1.82) is 0 Å². The topological polar surface area (TPSA) is 92.5 Å². The van der Waals surface area contributed by atoms with Gasteiger partial charge in [0.1, 0.15) is 11.9 Å². The van der Waals surface area contributed by atoms with Gasteiger partial charge in [-0.1, -0.05) is 12.1 Å². The number of halogens is 6. The molecule has 0 amide bonds. The lowest BCUT2D eigenvalue weighted by atomic mass is 10.2. The van der Waals surface area contributed by atoms with E-state index in [4.69, 9.17) is 0 Å². The normalized spacial score (nSPS) is 18.8. The maximum absolute atomic E-state index is 13.5. The predicted molar refractivity (Wildman–Crippen MR) is 119 cm³/mol. The molecule has 2 atom stereocenters. The van der Waals surface area contributed by atoms with Gasteiger partial charge in [0, 0.05) is 12.6 Å². The second-order valence-electron chi connectivity index (χ2n) is 8.50. The van der Waals surface area contributed by atoms with Crippen molar-refractivity contribution in [1.82, 2.24) is 9.78 Å². The number of aryl methyl sites for hydroxylation is 1. The minimum atomic E-state index is -4.95. The monoisotopic (exact) mass is 547 g/mol. The molecule has 14 heteroatoms. The molecule has 1 fully saturated rings. The van der Waals surface area contributed by atoms with Gasteiger partial charge in [-0.25, -0.2) is 17.9 Å². The van der Waals surface area contributed by atoms with E-state index in [1.165, 1.54) is 15.6 Å². The van der Waals surface area contributed by atoms with Crippen LogP contribution in [0.4, 0.5) is 32.2 Å². The van der Waals surface area contributed by atoms with Crippen molar-refractivity contribution < 1.29 is 44.7 Å². The fourth-order valence-corrected chi connectivity index (χ4v) is 6.22. The third-order valence-corrected chi connectivity index (χ3v) is 8.22. The van der Waals surface area contributed by atoms with Gasteiger partial charge in [0.05, 0.1) is 32.7 Å². The fraction of sp³-hybridized carbons (Fsp3) is 0.304. The van der Waals surface area contributed by atoms with Crippen LogP contribution in [0.15, 0.2) is 59.5 Å². The van der Waals surface area contributed by atoms with Crippen molar-refractivity contribution in [3.05, 3.63) is 71.4 Å². The highest BCUT2D eigenvalue weighted by atomic mass is 32.2. The van der Waals surface area contributed by atoms with E-state index in [1.54, 1.807) is 6.92 Å². The first-order valence-electron chi connectivity index (χ1n) is 10.7. The van der Waals surface area contributed by atoms with E-state index in [-0.39, 0.29) is 11.5 Å². The van der Waals surface area contributed by atoms with E-state index < -0.39 is 68.4 Å². The maximum Gasteiger partial charge on any atom is 0.417 e. The third kappa shape index (κ3) is 5.02. The highest BCUT2D eigenvalue weighted by Crippen LogP contribution is 2.39. The molecule has 2 unspecified atom stereocenters. The lowest BCUT2D eigenvalue weighted by Gasteiger charge is -2.24. The van der Waals surface area contributed by atoms with E-state index in [0.29, 0.717) is 11.8 Å². The van der Waals surface area contributed by atoms with Crippen molar-refractivity contribution in [3.63, 3.8) is 0 Å². The van der Waals surface area contributed by atoms with Gasteiger partial charge in [0.2, 0.25) is 0 Å². The maximum atomic E-state index is 13.5. The molecule has 0 spiro atoms. The largest absolute Gasteiger partial charge is 0.480 e. The molecule has 7 nitrogen and oxygen atoms in total.